The highest BCUT2D eigenvalue weighted by Gasteiger charge is 2.47. The summed E-state index contributed by atoms with van der Waals surface area (Å²) in [6, 6.07) is 1.16. The summed E-state index contributed by atoms with van der Waals surface area (Å²) >= 11 is 2.04. The molecule has 25 heavy (non-hydrogen) atoms. The molecule has 3 atom stereocenters. The van der Waals surface area contributed by atoms with Crippen molar-refractivity contribution >= 4 is 17.7 Å². The first kappa shape index (κ1) is 18.1. The summed E-state index contributed by atoms with van der Waals surface area (Å²) in [4.78, 5) is 12.7. The third-order valence-corrected chi connectivity index (χ3v) is 8.30. The van der Waals surface area contributed by atoms with E-state index in [0.717, 1.165) is 24.7 Å². The van der Waals surface area contributed by atoms with Crippen LogP contribution in [0.4, 0.5) is 0 Å². The molecule has 3 unspecified atom stereocenters. The van der Waals surface area contributed by atoms with Gasteiger partial charge in [0.2, 0.25) is 5.91 Å². The van der Waals surface area contributed by atoms with Gasteiger partial charge in [0.05, 0.1) is 0 Å². The molecule has 0 radical (unpaired) electrons. The number of nitrogens with one attached hydrogen (secondary N) is 2. The van der Waals surface area contributed by atoms with Gasteiger partial charge in [0.25, 0.3) is 0 Å². The molecule has 2 aliphatic carbocycles. The number of rotatable bonds is 5. The van der Waals surface area contributed by atoms with Crippen molar-refractivity contribution in [3.05, 3.63) is 0 Å². The highest BCUT2D eigenvalue weighted by atomic mass is 32.2. The van der Waals surface area contributed by atoms with Crippen LogP contribution in [0.1, 0.15) is 71.1 Å². The van der Waals surface area contributed by atoms with Crippen LogP contribution in [-0.4, -0.2) is 40.7 Å². The van der Waals surface area contributed by atoms with Gasteiger partial charge in [-0.3, -0.25) is 4.79 Å². The molecule has 0 spiro atoms. The molecule has 0 aromatic carbocycles. The van der Waals surface area contributed by atoms with Crippen LogP contribution in [-0.2, 0) is 4.79 Å². The van der Waals surface area contributed by atoms with E-state index in [1.807, 2.05) is 11.8 Å². The predicted octanol–water partition coefficient (Wildman–Crippen LogP) is 3.53. The van der Waals surface area contributed by atoms with Gasteiger partial charge in [-0.2, -0.15) is 11.8 Å². The number of hydrogen-bond donors (Lipinski definition) is 2. The Morgan fingerprint density at radius 2 is 1.88 bits per heavy atom. The van der Waals surface area contributed by atoms with E-state index in [0.29, 0.717) is 18.0 Å². The quantitative estimate of drug-likeness (QED) is 0.782. The minimum Gasteiger partial charge on any atom is -0.339 e. The third kappa shape index (κ3) is 4.19. The average molecular weight is 366 g/mol. The van der Waals surface area contributed by atoms with Crippen molar-refractivity contribution in [2.45, 2.75) is 89.4 Å². The van der Waals surface area contributed by atoms with E-state index >= 15 is 0 Å². The first-order chi connectivity index (χ1) is 12.2. The second kappa shape index (κ2) is 8.18. The SMILES string of the molecule is CC1CCC(N2NC3CSCC3C2NC(=O)CCC2CCCC2)CC1. The van der Waals surface area contributed by atoms with Crippen molar-refractivity contribution in [3.8, 4) is 0 Å². The Bertz CT molecular complexity index is 460. The number of nitrogens with zero attached hydrogens (tertiary/aromatic N) is 1. The number of thioether (sulfide) groups is 1. The molecule has 0 aromatic heterocycles. The standard InChI is InChI=1S/C20H35N3OS/c1-14-6-9-16(10-7-14)23-20(17-12-25-13-18(17)22-23)21-19(24)11-8-15-4-2-3-5-15/h14-18,20,22H,2-13H2,1H3,(H,21,24). The van der Waals surface area contributed by atoms with Crippen LogP contribution in [0.25, 0.3) is 0 Å². The van der Waals surface area contributed by atoms with E-state index in [9.17, 15) is 4.79 Å². The molecule has 2 saturated heterocycles. The van der Waals surface area contributed by atoms with Crippen LogP contribution in [0.15, 0.2) is 0 Å². The van der Waals surface area contributed by atoms with Gasteiger partial charge in [-0.05, 0) is 43.9 Å². The molecule has 2 saturated carbocycles. The Hall–Kier alpha value is -0.260. The molecule has 4 fully saturated rings. The highest BCUT2D eigenvalue weighted by molar-refractivity contribution is 7.99. The number of fused-ring (bicyclic) bond motifs is 1. The molecule has 2 heterocycles. The summed E-state index contributed by atoms with van der Waals surface area (Å²) < 4.78 is 0. The zero-order valence-corrected chi connectivity index (χ0v) is 16.5. The molecule has 0 bridgehead atoms. The van der Waals surface area contributed by atoms with Crippen molar-refractivity contribution in [1.29, 1.82) is 0 Å². The van der Waals surface area contributed by atoms with Crippen LogP contribution in [0.5, 0.6) is 0 Å². The summed E-state index contributed by atoms with van der Waals surface area (Å²) in [6.07, 6.45) is 12.7. The lowest BCUT2D eigenvalue weighted by Gasteiger charge is -2.38. The van der Waals surface area contributed by atoms with Crippen molar-refractivity contribution in [3.63, 3.8) is 0 Å². The number of amides is 1. The van der Waals surface area contributed by atoms with Gasteiger partial charge in [0, 0.05) is 35.9 Å². The van der Waals surface area contributed by atoms with Crippen LogP contribution < -0.4 is 10.7 Å². The molecule has 1 amide bonds. The molecule has 2 aliphatic heterocycles. The Kier molecular flexibility index (Phi) is 5.93. The molecular weight excluding hydrogens is 330 g/mol. The lowest BCUT2D eigenvalue weighted by molar-refractivity contribution is -0.124. The molecule has 4 nitrogen and oxygen atoms in total. The summed E-state index contributed by atoms with van der Waals surface area (Å²) in [5.41, 5.74) is 3.79. The zero-order valence-electron chi connectivity index (χ0n) is 15.7. The number of hydrogen-bond acceptors (Lipinski definition) is 4. The monoisotopic (exact) mass is 365 g/mol. The molecule has 4 aliphatic rings. The molecule has 4 rings (SSSR count). The smallest absolute Gasteiger partial charge is 0.221 e. The Labute approximate surface area is 157 Å². The van der Waals surface area contributed by atoms with E-state index < -0.39 is 0 Å². The lowest BCUT2D eigenvalue weighted by atomic mass is 9.87. The van der Waals surface area contributed by atoms with Crippen LogP contribution in [0.2, 0.25) is 0 Å². The van der Waals surface area contributed by atoms with Crippen LogP contribution in [0, 0.1) is 17.8 Å². The molecule has 5 heteroatoms. The minimum absolute atomic E-state index is 0.217. The number of hydrazine groups is 1. The maximum absolute atomic E-state index is 12.7. The summed E-state index contributed by atoms with van der Waals surface area (Å²) in [7, 11) is 0. The van der Waals surface area contributed by atoms with E-state index in [4.69, 9.17) is 0 Å². The minimum atomic E-state index is 0.217. The fraction of sp³-hybridized carbons (Fsp3) is 0.950. The first-order valence-electron chi connectivity index (χ1n) is 10.6. The first-order valence-corrected chi connectivity index (χ1v) is 11.8. The Balaban J connectivity index is 1.34. The summed E-state index contributed by atoms with van der Waals surface area (Å²) in [5, 5.41) is 5.91. The van der Waals surface area contributed by atoms with E-state index in [-0.39, 0.29) is 12.1 Å². The van der Waals surface area contributed by atoms with E-state index in [1.165, 1.54) is 62.9 Å². The second-order valence-electron chi connectivity index (χ2n) is 8.96. The molecule has 142 valence electrons. The fourth-order valence-electron chi connectivity index (χ4n) is 5.39. The van der Waals surface area contributed by atoms with Gasteiger partial charge in [0.1, 0.15) is 6.17 Å². The second-order valence-corrected chi connectivity index (χ2v) is 10.0. The van der Waals surface area contributed by atoms with Crippen LogP contribution in [0.3, 0.4) is 0 Å². The van der Waals surface area contributed by atoms with Crippen molar-refractivity contribution in [2.24, 2.45) is 17.8 Å². The predicted molar refractivity (Wildman–Crippen MR) is 104 cm³/mol. The van der Waals surface area contributed by atoms with Gasteiger partial charge in [0.15, 0.2) is 0 Å². The Morgan fingerprint density at radius 1 is 1.12 bits per heavy atom. The largest absolute Gasteiger partial charge is 0.339 e. The maximum atomic E-state index is 12.7. The number of carbonyl (C=O) groups is 1. The lowest BCUT2D eigenvalue weighted by Crippen LogP contribution is -2.55. The fourth-order valence-corrected chi connectivity index (χ4v) is 6.79. The zero-order chi connectivity index (χ0) is 17.2. The topological polar surface area (TPSA) is 44.4 Å². The van der Waals surface area contributed by atoms with Gasteiger partial charge >= 0.3 is 0 Å². The van der Waals surface area contributed by atoms with E-state index in [2.05, 4.69) is 22.7 Å². The summed E-state index contributed by atoms with van der Waals surface area (Å²) in [6.45, 7) is 2.38. The van der Waals surface area contributed by atoms with Gasteiger partial charge in [-0.25, -0.2) is 10.4 Å². The highest BCUT2D eigenvalue weighted by Crippen LogP contribution is 2.37. The average Bonchev–Trinajstić information content (AvgIpc) is 3.32. The maximum Gasteiger partial charge on any atom is 0.221 e. The van der Waals surface area contributed by atoms with E-state index in [1.54, 1.807) is 0 Å². The van der Waals surface area contributed by atoms with Crippen molar-refractivity contribution in [2.75, 3.05) is 11.5 Å². The molecule has 0 aromatic rings. The normalized spacial score (nSPS) is 39.6. The van der Waals surface area contributed by atoms with Gasteiger partial charge in [-0.15, -0.1) is 0 Å². The van der Waals surface area contributed by atoms with Crippen molar-refractivity contribution in [1.82, 2.24) is 15.8 Å². The van der Waals surface area contributed by atoms with Crippen molar-refractivity contribution < 1.29 is 4.79 Å². The van der Waals surface area contributed by atoms with Gasteiger partial charge < -0.3 is 5.32 Å². The number of carbonyl (C=O) groups excluding carboxylic acids is 1. The molecule has 2 N–H and O–H groups in total. The molecular formula is C20H35N3OS. The van der Waals surface area contributed by atoms with Crippen LogP contribution >= 0.6 is 11.8 Å². The third-order valence-electron chi connectivity index (χ3n) is 7.09. The Morgan fingerprint density at radius 3 is 2.64 bits per heavy atom. The summed E-state index contributed by atoms with van der Waals surface area (Å²) in [5.74, 6) is 4.92. The van der Waals surface area contributed by atoms with Gasteiger partial charge in [-0.1, -0.05) is 32.6 Å².